The van der Waals surface area contributed by atoms with Crippen molar-refractivity contribution in [2.45, 2.75) is 38.3 Å². The number of nitrogens with one attached hydrogen (secondary N) is 2. The van der Waals surface area contributed by atoms with Crippen LogP contribution in [0.25, 0.3) is 0 Å². The first-order chi connectivity index (χ1) is 10.3. The van der Waals surface area contributed by atoms with Crippen molar-refractivity contribution in [3.63, 3.8) is 0 Å². The molecule has 1 aromatic rings. The fourth-order valence-corrected chi connectivity index (χ4v) is 3.28. The Labute approximate surface area is 125 Å². The highest BCUT2D eigenvalue weighted by atomic mass is 16.5. The van der Waals surface area contributed by atoms with Crippen LogP contribution in [-0.2, 0) is 11.3 Å². The predicted molar refractivity (Wildman–Crippen MR) is 78.5 cm³/mol. The van der Waals surface area contributed by atoms with Crippen molar-refractivity contribution < 1.29 is 9.32 Å². The Morgan fingerprint density at radius 2 is 2.43 bits per heavy atom. The van der Waals surface area contributed by atoms with Gasteiger partial charge in [0.2, 0.25) is 5.91 Å². The van der Waals surface area contributed by atoms with Gasteiger partial charge in [0.25, 0.3) is 0 Å². The summed E-state index contributed by atoms with van der Waals surface area (Å²) in [4.78, 5) is 14.4. The summed E-state index contributed by atoms with van der Waals surface area (Å²) in [6, 6.07) is 1.94. The van der Waals surface area contributed by atoms with Gasteiger partial charge >= 0.3 is 0 Å². The third-order valence-electron chi connectivity index (χ3n) is 4.42. The third kappa shape index (κ3) is 4.04. The van der Waals surface area contributed by atoms with E-state index in [1.54, 1.807) is 6.20 Å². The zero-order valence-corrected chi connectivity index (χ0v) is 12.4. The molecule has 1 aromatic heterocycles. The van der Waals surface area contributed by atoms with Crippen LogP contribution in [0.3, 0.4) is 0 Å². The molecule has 0 aromatic carbocycles. The lowest BCUT2D eigenvalue weighted by Gasteiger charge is -2.32. The van der Waals surface area contributed by atoms with Crippen molar-refractivity contribution in [1.82, 2.24) is 20.7 Å². The Kier molecular flexibility index (Phi) is 4.87. The smallest absolute Gasteiger partial charge is 0.237 e. The zero-order chi connectivity index (χ0) is 14.5. The summed E-state index contributed by atoms with van der Waals surface area (Å²) in [5.74, 6) is 1.61. The summed E-state index contributed by atoms with van der Waals surface area (Å²) >= 11 is 0. The van der Waals surface area contributed by atoms with E-state index >= 15 is 0 Å². The van der Waals surface area contributed by atoms with E-state index < -0.39 is 0 Å². The van der Waals surface area contributed by atoms with Gasteiger partial charge in [0.05, 0.1) is 18.8 Å². The van der Waals surface area contributed by atoms with Crippen LogP contribution in [0, 0.1) is 5.92 Å². The molecule has 1 amide bonds. The Balaban J connectivity index is 1.42. The van der Waals surface area contributed by atoms with Gasteiger partial charge in [-0.1, -0.05) is 5.16 Å². The average Bonchev–Trinajstić information content (AvgIpc) is 3.18. The molecule has 3 rings (SSSR count). The molecule has 2 aliphatic heterocycles. The van der Waals surface area contributed by atoms with E-state index in [1.807, 2.05) is 6.07 Å². The van der Waals surface area contributed by atoms with Crippen molar-refractivity contribution in [1.29, 1.82) is 0 Å². The zero-order valence-electron chi connectivity index (χ0n) is 12.4. The minimum Gasteiger partial charge on any atom is -0.360 e. The van der Waals surface area contributed by atoms with Crippen LogP contribution in [0.1, 0.15) is 31.4 Å². The molecule has 3 heterocycles. The van der Waals surface area contributed by atoms with Crippen LogP contribution in [0.15, 0.2) is 16.8 Å². The summed E-state index contributed by atoms with van der Waals surface area (Å²) in [6.45, 7) is 4.67. The van der Waals surface area contributed by atoms with Gasteiger partial charge in [-0.15, -0.1) is 0 Å². The first kappa shape index (κ1) is 14.5. The molecule has 0 spiro atoms. The quantitative estimate of drug-likeness (QED) is 0.838. The Bertz CT molecular complexity index is 443. The molecule has 2 atom stereocenters. The fraction of sp³-hybridized carbons (Fsp3) is 0.733. The molecule has 0 saturated carbocycles. The van der Waals surface area contributed by atoms with Gasteiger partial charge in [-0.25, -0.2) is 0 Å². The topological polar surface area (TPSA) is 70.4 Å². The van der Waals surface area contributed by atoms with Crippen LogP contribution < -0.4 is 10.6 Å². The minimum atomic E-state index is 0.0267. The van der Waals surface area contributed by atoms with Gasteiger partial charge in [0.1, 0.15) is 0 Å². The van der Waals surface area contributed by atoms with Crippen molar-refractivity contribution in [3.8, 4) is 0 Å². The second-order valence-corrected chi connectivity index (χ2v) is 6.12. The lowest BCUT2D eigenvalue weighted by atomic mass is 9.97. The number of piperidine rings is 1. The van der Waals surface area contributed by atoms with Gasteiger partial charge in [-0.3, -0.25) is 9.69 Å². The summed E-state index contributed by atoms with van der Waals surface area (Å²) in [5, 5.41) is 10.1. The molecule has 6 nitrogen and oxygen atoms in total. The van der Waals surface area contributed by atoms with Gasteiger partial charge in [0, 0.05) is 19.2 Å². The van der Waals surface area contributed by atoms with Crippen molar-refractivity contribution in [2.24, 2.45) is 5.92 Å². The summed E-state index contributed by atoms with van der Waals surface area (Å²) in [6.07, 6.45) is 6.12. The van der Waals surface area contributed by atoms with E-state index in [2.05, 4.69) is 20.7 Å². The molecule has 6 heteroatoms. The first-order valence-corrected chi connectivity index (χ1v) is 7.94. The molecule has 0 bridgehead atoms. The number of likely N-dealkylation sites (tertiary alicyclic amines) is 1. The molecule has 116 valence electrons. The van der Waals surface area contributed by atoms with Gasteiger partial charge in [-0.05, 0) is 44.7 Å². The molecule has 0 aliphatic carbocycles. The SMILES string of the molecule is O=C(NCC1CCCN(Cc2ccno2)C1)C1CCCN1. The highest BCUT2D eigenvalue weighted by molar-refractivity contribution is 5.81. The van der Waals surface area contributed by atoms with E-state index in [-0.39, 0.29) is 11.9 Å². The molecule has 0 radical (unpaired) electrons. The normalized spacial score (nSPS) is 26.9. The summed E-state index contributed by atoms with van der Waals surface area (Å²) < 4.78 is 5.17. The molecule has 2 unspecified atom stereocenters. The lowest BCUT2D eigenvalue weighted by molar-refractivity contribution is -0.123. The Morgan fingerprint density at radius 3 is 3.19 bits per heavy atom. The summed E-state index contributed by atoms with van der Waals surface area (Å²) in [7, 11) is 0. The molecule has 2 aliphatic rings. The monoisotopic (exact) mass is 292 g/mol. The van der Waals surface area contributed by atoms with Crippen molar-refractivity contribution in [2.75, 3.05) is 26.2 Å². The fourth-order valence-electron chi connectivity index (χ4n) is 3.28. The molecule has 2 N–H and O–H groups in total. The molecule has 21 heavy (non-hydrogen) atoms. The average molecular weight is 292 g/mol. The molecular weight excluding hydrogens is 268 g/mol. The van der Waals surface area contributed by atoms with E-state index in [0.29, 0.717) is 5.92 Å². The van der Waals surface area contributed by atoms with Crippen molar-refractivity contribution in [3.05, 3.63) is 18.0 Å². The maximum absolute atomic E-state index is 12.0. The van der Waals surface area contributed by atoms with Crippen LogP contribution in [0.2, 0.25) is 0 Å². The molecule has 2 saturated heterocycles. The van der Waals surface area contributed by atoms with Crippen LogP contribution in [0.4, 0.5) is 0 Å². The van der Waals surface area contributed by atoms with Crippen LogP contribution in [-0.4, -0.2) is 48.2 Å². The minimum absolute atomic E-state index is 0.0267. The second-order valence-electron chi connectivity index (χ2n) is 6.12. The number of hydrogen-bond acceptors (Lipinski definition) is 5. The number of carbonyl (C=O) groups excluding carboxylic acids is 1. The largest absolute Gasteiger partial charge is 0.360 e. The third-order valence-corrected chi connectivity index (χ3v) is 4.42. The van der Waals surface area contributed by atoms with E-state index in [9.17, 15) is 4.79 Å². The number of amides is 1. The molecule has 2 fully saturated rings. The van der Waals surface area contributed by atoms with Gasteiger partial charge < -0.3 is 15.2 Å². The number of nitrogens with zero attached hydrogens (tertiary/aromatic N) is 2. The highest BCUT2D eigenvalue weighted by Crippen LogP contribution is 2.18. The Hall–Kier alpha value is -1.40. The highest BCUT2D eigenvalue weighted by Gasteiger charge is 2.24. The maximum atomic E-state index is 12.0. The number of carbonyl (C=O) groups is 1. The van der Waals surface area contributed by atoms with Gasteiger partial charge in [-0.2, -0.15) is 0 Å². The number of hydrogen-bond donors (Lipinski definition) is 2. The Morgan fingerprint density at radius 1 is 1.48 bits per heavy atom. The lowest BCUT2D eigenvalue weighted by Crippen LogP contribution is -2.45. The maximum Gasteiger partial charge on any atom is 0.237 e. The van der Waals surface area contributed by atoms with Crippen LogP contribution in [0.5, 0.6) is 0 Å². The van der Waals surface area contributed by atoms with E-state index in [0.717, 1.165) is 51.3 Å². The number of aromatic nitrogens is 1. The van der Waals surface area contributed by atoms with E-state index in [1.165, 1.54) is 12.8 Å². The van der Waals surface area contributed by atoms with Crippen molar-refractivity contribution >= 4 is 5.91 Å². The second kappa shape index (κ2) is 7.04. The van der Waals surface area contributed by atoms with Crippen LogP contribution >= 0.6 is 0 Å². The standard InChI is InChI=1S/C15H24N4O2/c20-15(14-4-1-6-16-14)17-9-12-3-2-8-19(10-12)11-13-5-7-18-21-13/h5,7,12,14,16H,1-4,6,8-11H2,(H,17,20). The van der Waals surface area contributed by atoms with Gasteiger partial charge in [0.15, 0.2) is 5.76 Å². The predicted octanol–water partition coefficient (Wildman–Crippen LogP) is 0.755. The molecular formula is C15H24N4O2. The summed E-state index contributed by atoms with van der Waals surface area (Å²) in [5.41, 5.74) is 0. The number of rotatable bonds is 5. The van der Waals surface area contributed by atoms with E-state index in [4.69, 9.17) is 4.52 Å². The first-order valence-electron chi connectivity index (χ1n) is 7.94.